The van der Waals surface area contributed by atoms with E-state index in [1.54, 1.807) is 42.5 Å². The zero-order valence-corrected chi connectivity index (χ0v) is 10.3. The number of carbonyl (C=O) groups excluding carboxylic acids is 1. The highest BCUT2D eigenvalue weighted by atomic mass is 35.5. The Labute approximate surface area is 109 Å². The van der Waals surface area contributed by atoms with Crippen LogP contribution in [0.2, 0.25) is 10.0 Å². The van der Waals surface area contributed by atoms with E-state index in [1.807, 2.05) is 6.07 Å². The number of benzene rings is 2. The van der Waals surface area contributed by atoms with E-state index in [1.165, 1.54) is 0 Å². The van der Waals surface area contributed by atoms with Crippen LogP contribution in [-0.2, 0) is 0 Å². The number of anilines is 1. The van der Waals surface area contributed by atoms with Gasteiger partial charge in [0.1, 0.15) is 0 Å². The van der Waals surface area contributed by atoms with E-state index in [0.29, 0.717) is 21.3 Å². The summed E-state index contributed by atoms with van der Waals surface area (Å²) in [5.74, 6) is -0.213. The van der Waals surface area contributed by atoms with Crippen molar-refractivity contribution in [3.05, 3.63) is 64.1 Å². The molecule has 2 aromatic carbocycles. The van der Waals surface area contributed by atoms with Crippen LogP contribution < -0.4 is 5.32 Å². The van der Waals surface area contributed by atoms with Gasteiger partial charge in [0.25, 0.3) is 5.91 Å². The van der Waals surface area contributed by atoms with Gasteiger partial charge in [0.2, 0.25) is 0 Å². The smallest absolute Gasteiger partial charge is 0.255 e. The molecule has 1 N–H and O–H groups in total. The first-order chi connectivity index (χ1) is 8.16. The largest absolute Gasteiger partial charge is 0.321 e. The number of hydrogen-bond acceptors (Lipinski definition) is 1. The molecule has 0 heterocycles. The van der Waals surface area contributed by atoms with Crippen molar-refractivity contribution in [2.75, 3.05) is 5.32 Å². The predicted molar refractivity (Wildman–Crippen MR) is 70.9 cm³/mol. The van der Waals surface area contributed by atoms with Crippen molar-refractivity contribution in [2.24, 2.45) is 0 Å². The van der Waals surface area contributed by atoms with E-state index in [-0.39, 0.29) is 5.91 Å². The fourth-order valence-corrected chi connectivity index (χ4v) is 1.67. The van der Waals surface area contributed by atoms with E-state index in [2.05, 4.69) is 5.32 Å². The quantitative estimate of drug-likeness (QED) is 0.865. The van der Waals surface area contributed by atoms with Gasteiger partial charge in [0.15, 0.2) is 0 Å². The number of hydrogen-bond donors (Lipinski definition) is 1. The second-order valence-corrected chi connectivity index (χ2v) is 4.28. The molecule has 0 aliphatic heterocycles. The molecule has 17 heavy (non-hydrogen) atoms. The molecule has 0 saturated carbocycles. The van der Waals surface area contributed by atoms with Crippen molar-refractivity contribution in [3.63, 3.8) is 0 Å². The Morgan fingerprint density at radius 1 is 0.941 bits per heavy atom. The Balaban J connectivity index is 2.17. The van der Waals surface area contributed by atoms with Gasteiger partial charge in [-0.1, -0.05) is 35.3 Å². The molecular weight excluding hydrogens is 257 g/mol. The molecule has 1 amide bonds. The van der Waals surface area contributed by atoms with E-state index in [9.17, 15) is 4.79 Å². The summed E-state index contributed by atoms with van der Waals surface area (Å²) in [6.07, 6.45) is 0. The number of para-hydroxylation sites is 1. The zero-order valence-electron chi connectivity index (χ0n) is 8.78. The Bertz CT molecular complexity index is 537. The average Bonchev–Trinajstić information content (AvgIpc) is 2.33. The maximum atomic E-state index is 11.9. The Hall–Kier alpha value is -1.51. The lowest BCUT2D eigenvalue weighted by molar-refractivity contribution is 0.102. The van der Waals surface area contributed by atoms with Gasteiger partial charge in [-0.15, -0.1) is 0 Å². The van der Waals surface area contributed by atoms with Crippen LogP contribution in [0.25, 0.3) is 0 Å². The van der Waals surface area contributed by atoms with Crippen LogP contribution >= 0.6 is 23.2 Å². The van der Waals surface area contributed by atoms with Crippen molar-refractivity contribution in [2.45, 2.75) is 0 Å². The van der Waals surface area contributed by atoms with Crippen LogP contribution in [0.4, 0.5) is 5.69 Å². The maximum absolute atomic E-state index is 11.9. The van der Waals surface area contributed by atoms with Crippen molar-refractivity contribution < 1.29 is 4.79 Å². The highest BCUT2D eigenvalue weighted by Gasteiger charge is 2.07. The van der Waals surface area contributed by atoms with Crippen LogP contribution in [-0.4, -0.2) is 5.91 Å². The predicted octanol–water partition coefficient (Wildman–Crippen LogP) is 4.25. The van der Waals surface area contributed by atoms with Crippen molar-refractivity contribution in [3.8, 4) is 0 Å². The molecule has 0 aliphatic rings. The van der Waals surface area contributed by atoms with Gasteiger partial charge in [-0.25, -0.2) is 0 Å². The number of halogens is 2. The molecule has 0 aromatic heterocycles. The SMILES string of the molecule is O=C(Nc1ccccc1Cl)c1ccc(Cl)cc1. The molecule has 4 heteroatoms. The van der Waals surface area contributed by atoms with Gasteiger partial charge in [-0.05, 0) is 36.4 Å². The molecule has 0 spiro atoms. The summed E-state index contributed by atoms with van der Waals surface area (Å²) in [4.78, 5) is 11.9. The minimum absolute atomic E-state index is 0.213. The molecule has 2 nitrogen and oxygen atoms in total. The second kappa shape index (κ2) is 5.21. The fourth-order valence-electron chi connectivity index (χ4n) is 1.36. The molecule has 0 atom stereocenters. The van der Waals surface area contributed by atoms with Gasteiger partial charge in [-0.3, -0.25) is 4.79 Å². The number of nitrogens with one attached hydrogen (secondary N) is 1. The van der Waals surface area contributed by atoms with Crippen molar-refractivity contribution in [1.29, 1.82) is 0 Å². The molecule has 0 aliphatic carbocycles. The summed E-state index contributed by atoms with van der Waals surface area (Å²) in [7, 11) is 0. The molecular formula is C13H9Cl2NO. The van der Waals surface area contributed by atoms with Crippen molar-refractivity contribution >= 4 is 34.8 Å². The van der Waals surface area contributed by atoms with Crippen LogP contribution in [0.15, 0.2) is 48.5 Å². The van der Waals surface area contributed by atoms with E-state index in [4.69, 9.17) is 23.2 Å². The van der Waals surface area contributed by atoms with Gasteiger partial charge in [0, 0.05) is 10.6 Å². The number of amides is 1. The third-order valence-corrected chi connectivity index (χ3v) is 2.81. The molecule has 0 bridgehead atoms. The van der Waals surface area contributed by atoms with Crippen molar-refractivity contribution in [1.82, 2.24) is 0 Å². The lowest BCUT2D eigenvalue weighted by Crippen LogP contribution is -2.11. The Kier molecular flexibility index (Phi) is 3.67. The molecule has 2 aromatic rings. The van der Waals surface area contributed by atoms with Gasteiger partial charge >= 0.3 is 0 Å². The minimum Gasteiger partial charge on any atom is -0.321 e. The summed E-state index contributed by atoms with van der Waals surface area (Å²) < 4.78 is 0. The monoisotopic (exact) mass is 265 g/mol. The van der Waals surface area contributed by atoms with Crippen LogP contribution in [0.3, 0.4) is 0 Å². The highest BCUT2D eigenvalue weighted by Crippen LogP contribution is 2.21. The molecule has 0 radical (unpaired) electrons. The molecule has 86 valence electrons. The lowest BCUT2D eigenvalue weighted by atomic mass is 10.2. The van der Waals surface area contributed by atoms with E-state index < -0.39 is 0 Å². The van der Waals surface area contributed by atoms with E-state index in [0.717, 1.165) is 0 Å². The molecule has 0 fully saturated rings. The zero-order chi connectivity index (χ0) is 12.3. The third-order valence-electron chi connectivity index (χ3n) is 2.23. The Morgan fingerprint density at radius 2 is 1.59 bits per heavy atom. The van der Waals surface area contributed by atoms with Gasteiger partial charge in [-0.2, -0.15) is 0 Å². The number of carbonyl (C=O) groups is 1. The van der Waals surface area contributed by atoms with Crippen LogP contribution in [0.1, 0.15) is 10.4 Å². The summed E-state index contributed by atoms with van der Waals surface area (Å²) in [5.41, 5.74) is 1.13. The normalized spacial score (nSPS) is 10.0. The van der Waals surface area contributed by atoms with E-state index >= 15 is 0 Å². The Morgan fingerprint density at radius 3 is 2.24 bits per heavy atom. The first-order valence-electron chi connectivity index (χ1n) is 4.98. The standard InChI is InChI=1S/C13H9Cl2NO/c14-10-7-5-9(6-8-10)13(17)16-12-4-2-1-3-11(12)15/h1-8H,(H,16,17). The average molecular weight is 266 g/mol. The first kappa shape index (κ1) is 12.0. The highest BCUT2D eigenvalue weighted by molar-refractivity contribution is 6.34. The molecule has 0 saturated heterocycles. The third kappa shape index (κ3) is 2.99. The first-order valence-corrected chi connectivity index (χ1v) is 5.74. The molecule has 0 unspecified atom stereocenters. The summed E-state index contributed by atoms with van der Waals surface area (Å²) in [6.45, 7) is 0. The summed E-state index contributed by atoms with van der Waals surface area (Å²) in [6, 6.07) is 13.7. The number of rotatable bonds is 2. The summed E-state index contributed by atoms with van der Waals surface area (Å²) >= 11 is 11.7. The summed E-state index contributed by atoms with van der Waals surface area (Å²) in [5, 5.41) is 3.84. The lowest BCUT2D eigenvalue weighted by Gasteiger charge is -2.06. The fraction of sp³-hybridized carbons (Fsp3) is 0. The van der Waals surface area contributed by atoms with Gasteiger partial charge < -0.3 is 5.32 Å². The van der Waals surface area contributed by atoms with Crippen LogP contribution in [0.5, 0.6) is 0 Å². The minimum atomic E-state index is -0.213. The second-order valence-electron chi connectivity index (χ2n) is 3.44. The topological polar surface area (TPSA) is 29.1 Å². The molecule has 2 rings (SSSR count). The maximum Gasteiger partial charge on any atom is 0.255 e. The van der Waals surface area contributed by atoms with Gasteiger partial charge in [0.05, 0.1) is 10.7 Å². The van der Waals surface area contributed by atoms with Crippen LogP contribution in [0, 0.1) is 0 Å².